The van der Waals surface area contributed by atoms with Gasteiger partial charge in [0.1, 0.15) is 0 Å². The molecule has 21 heavy (non-hydrogen) atoms. The van der Waals surface area contributed by atoms with E-state index in [-0.39, 0.29) is 14.7 Å². The minimum atomic E-state index is -3.63. The van der Waals surface area contributed by atoms with Gasteiger partial charge in [-0.3, -0.25) is 0 Å². The van der Waals surface area contributed by atoms with Crippen molar-refractivity contribution in [1.82, 2.24) is 4.31 Å². The van der Waals surface area contributed by atoms with Crippen LogP contribution in [0.3, 0.4) is 0 Å². The average Bonchev–Trinajstić information content (AvgIpc) is 2.48. The molecule has 7 heteroatoms. The second kappa shape index (κ2) is 5.59. The number of benzene rings is 2. The molecular formula is C14H15NO4S2. The third kappa shape index (κ3) is 2.99. The molecule has 0 amide bonds. The number of sulfonamides is 1. The van der Waals surface area contributed by atoms with Crippen LogP contribution in [-0.2, 0) is 19.9 Å². The SMILES string of the molecule is CN(C)S(=O)(=O)c1ccc(S(=O)(=O)c2ccccc2)cc1. The lowest BCUT2D eigenvalue weighted by molar-refractivity contribution is 0.520. The Kier molecular flexibility index (Phi) is 4.18. The largest absolute Gasteiger partial charge is 0.242 e. The van der Waals surface area contributed by atoms with Gasteiger partial charge in [0.25, 0.3) is 0 Å². The molecule has 112 valence electrons. The summed E-state index contributed by atoms with van der Waals surface area (Å²) in [6.45, 7) is 0. The van der Waals surface area contributed by atoms with E-state index in [2.05, 4.69) is 0 Å². The van der Waals surface area contributed by atoms with E-state index < -0.39 is 19.9 Å². The highest BCUT2D eigenvalue weighted by atomic mass is 32.2. The van der Waals surface area contributed by atoms with Gasteiger partial charge in [0.15, 0.2) is 0 Å². The molecule has 0 radical (unpaired) electrons. The summed E-state index contributed by atoms with van der Waals surface area (Å²) in [5.74, 6) is 0. The van der Waals surface area contributed by atoms with E-state index >= 15 is 0 Å². The van der Waals surface area contributed by atoms with E-state index in [1.54, 1.807) is 18.2 Å². The van der Waals surface area contributed by atoms with Gasteiger partial charge in [0.2, 0.25) is 19.9 Å². The Hall–Kier alpha value is -1.70. The monoisotopic (exact) mass is 325 g/mol. The molecule has 2 aromatic rings. The van der Waals surface area contributed by atoms with Gasteiger partial charge in [-0.2, -0.15) is 0 Å². The van der Waals surface area contributed by atoms with Crippen molar-refractivity contribution < 1.29 is 16.8 Å². The van der Waals surface area contributed by atoms with E-state index in [0.717, 1.165) is 4.31 Å². The Bertz CT molecular complexity index is 824. The zero-order valence-electron chi connectivity index (χ0n) is 11.6. The van der Waals surface area contributed by atoms with Crippen LogP contribution in [0.2, 0.25) is 0 Å². The number of nitrogens with zero attached hydrogens (tertiary/aromatic N) is 1. The zero-order chi connectivity index (χ0) is 15.7. The molecule has 0 spiro atoms. The van der Waals surface area contributed by atoms with Crippen molar-refractivity contribution in [2.75, 3.05) is 14.1 Å². The fourth-order valence-electron chi connectivity index (χ4n) is 1.74. The van der Waals surface area contributed by atoms with Crippen molar-refractivity contribution in [2.24, 2.45) is 0 Å². The van der Waals surface area contributed by atoms with Crippen LogP contribution < -0.4 is 0 Å². The Balaban J connectivity index is 2.45. The standard InChI is InChI=1S/C14H15NO4S2/c1-15(2)21(18,19)14-10-8-13(9-11-14)20(16,17)12-6-4-3-5-7-12/h3-11H,1-2H3. The minimum absolute atomic E-state index is 0.0551. The van der Waals surface area contributed by atoms with E-state index in [1.807, 2.05) is 0 Å². The van der Waals surface area contributed by atoms with Crippen LogP contribution in [0, 0.1) is 0 Å². The van der Waals surface area contributed by atoms with Gasteiger partial charge in [0.05, 0.1) is 14.7 Å². The topological polar surface area (TPSA) is 71.5 Å². The predicted molar refractivity (Wildman–Crippen MR) is 79.2 cm³/mol. The third-order valence-electron chi connectivity index (χ3n) is 2.97. The fraction of sp³-hybridized carbons (Fsp3) is 0.143. The molecule has 0 saturated carbocycles. The maximum Gasteiger partial charge on any atom is 0.242 e. The summed E-state index contributed by atoms with van der Waals surface area (Å²) in [6, 6.07) is 13.2. The van der Waals surface area contributed by atoms with Crippen molar-refractivity contribution in [3.05, 3.63) is 54.6 Å². The van der Waals surface area contributed by atoms with E-state index in [1.165, 1.54) is 50.5 Å². The molecule has 0 fully saturated rings. The number of sulfone groups is 1. The van der Waals surface area contributed by atoms with Gasteiger partial charge in [-0.15, -0.1) is 0 Å². The van der Waals surface area contributed by atoms with E-state index in [9.17, 15) is 16.8 Å². The Labute approximate surface area is 124 Å². The van der Waals surface area contributed by atoms with Crippen molar-refractivity contribution in [3.63, 3.8) is 0 Å². The molecule has 0 bridgehead atoms. The lowest BCUT2D eigenvalue weighted by atomic mass is 10.4. The summed E-state index contributed by atoms with van der Waals surface area (Å²) in [6.07, 6.45) is 0. The van der Waals surface area contributed by atoms with Crippen LogP contribution in [-0.4, -0.2) is 35.2 Å². The highest BCUT2D eigenvalue weighted by molar-refractivity contribution is 7.91. The van der Waals surface area contributed by atoms with Crippen LogP contribution in [0.5, 0.6) is 0 Å². The summed E-state index contributed by atoms with van der Waals surface area (Å²) in [7, 11) is -4.35. The average molecular weight is 325 g/mol. The first-order chi connectivity index (χ1) is 9.76. The van der Waals surface area contributed by atoms with Crippen LogP contribution in [0.15, 0.2) is 69.3 Å². The van der Waals surface area contributed by atoms with Crippen LogP contribution in [0.1, 0.15) is 0 Å². The summed E-state index contributed by atoms with van der Waals surface area (Å²) in [5, 5.41) is 0. The first kappa shape index (κ1) is 15.7. The molecule has 5 nitrogen and oxygen atoms in total. The van der Waals surface area contributed by atoms with Crippen molar-refractivity contribution in [1.29, 1.82) is 0 Å². The molecule has 0 unspecified atom stereocenters. The summed E-state index contributed by atoms with van der Waals surface area (Å²) >= 11 is 0. The molecule has 0 aromatic heterocycles. The highest BCUT2D eigenvalue weighted by Gasteiger charge is 2.20. The molecule has 0 heterocycles. The first-order valence-electron chi connectivity index (χ1n) is 6.09. The van der Waals surface area contributed by atoms with Crippen molar-refractivity contribution in [3.8, 4) is 0 Å². The smallest absolute Gasteiger partial charge is 0.219 e. The van der Waals surface area contributed by atoms with Crippen molar-refractivity contribution >= 4 is 19.9 Å². The predicted octanol–water partition coefficient (Wildman–Crippen LogP) is 1.77. The fourth-order valence-corrected chi connectivity index (χ4v) is 3.92. The maximum absolute atomic E-state index is 12.4. The van der Waals surface area contributed by atoms with Gasteiger partial charge in [-0.25, -0.2) is 21.1 Å². The second-order valence-electron chi connectivity index (χ2n) is 4.58. The maximum atomic E-state index is 12.4. The molecule has 0 aliphatic carbocycles. The number of rotatable bonds is 4. The Morgan fingerprint density at radius 3 is 1.57 bits per heavy atom. The molecule has 2 aromatic carbocycles. The molecule has 0 aliphatic heterocycles. The molecule has 0 aliphatic rings. The normalized spacial score (nSPS) is 12.5. The van der Waals surface area contributed by atoms with Crippen LogP contribution in [0.25, 0.3) is 0 Å². The minimum Gasteiger partial charge on any atom is -0.219 e. The molecule has 0 N–H and O–H groups in total. The van der Waals surface area contributed by atoms with Crippen LogP contribution in [0.4, 0.5) is 0 Å². The van der Waals surface area contributed by atoms with Crippen LogP contribution >= 0.6 is 0 Å². The summed E-state index contributed by atoms with van der Waals surface area (Å²) < 4.78 is 49.7. The number of hydrogen-bond acceptors (Lipinski definition) is 4. The molecule has 0 saturated heterocycles. The van der Waals surface area contributed by atoms with Gasteiger partial charge in [0, 0.05) is 14.1 Å². The van der Waals surface area contributed by atoms with Gasteiger partial charge < -0.3 is 0 Å². The quantitative estimate of drug-likeness (QED) is 0.859. The second-order valence-corrected chi connectivity index (χ2v) is 8.68. The van der Waals surface area contributed by atoms with Crippen molar-refractivity contribution in [2.45, 2.75) is 14.7 Å². The molecule has 0 atom stereocenters. The zero-order valence-corrected chi connectivity index (χ0v) is 13.2. The lowest BCUT2D eigenvalue weighted by Crippen LogP contribution is -2.22. The highest BCUT2D eigenvalue weighted by Crippen LogP contribution is 2.22. The van der Waals surface area contributed by atoms with Gasteiger partial charge >= 0.3 is 0 Å². The van der Waals surface area contributed by atoms with E-state index in [0.29, 0.717) is 0 Å². The number of hydrogen-bond donors (Lipinski definition) is 0. The molecular weight excluding hydrogens is 310 g/mol. The third-order valence-corrected chi connectivity index (χ3v) is 6.58. The molecule has 2 rings (SSSR count). The Morgan fingerprint density at radius 1 is 0.667 bits per heavy atom. The van der Waals surface area contributed by atoms with Gasteiger partial charge in [-0.1, -0.05) is 18.2 Å². The lowest BCUT2D eigenvalue weighted by Gasteiger charge is -2.11. The van der Waals surface area contributed by atoms with E-state index in [4.69, 9.17) is 0 Å². The first-order valence-corrected chi connectivity index (χ1v) is 9.01. The summed E-state index contributed by atoms with van der Waals surface area (Å²) in [5.41, 5.74) is 0. The van der Waals surface area contributed by atoms with Gasteiger partial charge in [-0.05, 0) is 36.4 Å². The Morgan fingerprint density at radius 2 is 1.10 bits per heavy atom. The summed E-state index contributed by atoms with van der Waals surface area (Å²) in [4.78, 5) is 0.291.